The lowest BCUT2D eigenvalue weighted by Gasteiger charge is -2.09. The van der Waals surface area contributed by atoms with E-state index in [9.17, 15) is 15.2 Å². The van der Waals surface area contributed by atoms with Gasteiger partial charge in [0.25, 0.3) is 5.91 Å². The van der Waals surface area contributed by atoms with Gasteiger partial charge in [-0.25, -0.2) is 0 Å². The Balaban J connectivity index is 2.18. The maximum absolute atomic E-state index is 12.2. The summed E-state index contributed by atoms with van der Waals surface area (Å²) in [7, 11) is 0. The summed E-state index contributed by atoms with van der Waals surface area (Å²) in [5, 5.41) is 24.7. The fourth-order valence-corrected chi connectivity index (χ4v) is 2.41. The van der Waals surface area contributed by atoms with Crippen molar-refractivity contribution in [2.45, 2.75) is 6.92 Å². The minimum absolute atomic E-state index is 0.0941. The number of anilines is 2. The number of hydrogen-bond donors (Lipinski definition) is 3. The summed E-state index contributed by atoms with van der Waals surface area (Å²) in [4.78, 5) is 12.2. The first-order chi connectivity index (χ1) is 11.4. The van der Waals surface area contributed by atoms with Crippen LogP contribution in [0.2, 0.25) is 10.0 Å². The van der Waals surface area contributed by atoms with E-state index in [0.29, 0.717) is 27.0 Å². The van der Waals surface area contributed by atoms with Crippen molar-refractivity contribution >= 4 is 40.5 Å². The molecule has 5 nitrogen and oxygen atoms in total. The highest BCUT2D eigenvalue weighted by Crippen LogP contribution is 2.30. The number of carbonyl (C=O) groups is 1. The van der Waals surface area contributed by atoms with Crippen LogP contribution in [-0.4, -0.2) is 11.0 Å². The second-order valence-electron chi connectivity index (χ2n) is 4.86. The summed E-state index contributed by atoms with van der Waals surface area (Å²) >= 11 is 12.0. The molecule has 2 aromatic rings. The first kappa shape index (κ1) is 17.7. The zero-order chi connectivity index (χ0) is 17.7. The standard InChI is InChI=1S/C17H13Cl2N3O2/c1-10-7-12(23)5-6-15(10)22-17(24)11(8-20)9-21-16-13(18)3-2-4-14(16)19/h2-7,9,21,23H,1H3,(H,22,24)/b11-9-. The number of para-hydroxylation sites is 1. The molecule has 0 saturated carbocycles. The van der Waals surface area contributed by atoms with E-state index in [4.69, 9.17) is 23.2 Å². The van der Waals surface area contributed by atoms with Crippen LogP contribution in [0.25, 0.3) is 0 Å². The van der Waals surface area contributed by atoms with Crippen LogP contribution in [0.1, 0.15) is 5.56 Å². The average molecular weight is 362 g/mol. The van der Waals surface area contributed by atoms with Crippen molar-refractivity contribution in [1.29, 1.82) is 5.26 Å². The molecule has 0 unspecified atom stereocenters. The number of nitrogens with zero attached hydrogens (tertiary/aromatic N) is 1. The molecule has 24 heavy (non-hydrogen) atoms. The van der Waals surface area contributed by atoms with E-state index in [-0.39, 0.29) is 11.3 Å². The van der Waals surface area contributed by atoms with Crippen molar-refractivity contribution in [2.75, 3.05) is 10.6 Å². The van der Waals surface area contributed by atoms with E-state index in [0.717, 1.165) is 0 Å². The number of phenols is 1. The van der Waals surface area contributed by atoms with Crippen LogP contribution in [0, 0.1) is 18.3 Å². The van der Waals surface area contributed by atoms with Gasteiger partial charge in [0.15, 0.2) is 0 Å². The molecule has 0 aliphatic heterocycles. The molecule has 2 rings (SSSR count). The SMILES string of the molecule is Cc1cc(O)ccc1NC(=O)/C(C#N)=C\Nc1c(Cl)cccc1Cl. The van der Waals surface area contributed by atoms with Gasteiger partial charge in [0.2, 0.25) is 0 Å². The van der Waals surface area contributed by atoms with Crippen molar-refractivity contribution in [3.05, 3.63) is 63.8 Å². The van der Waals surface area contributed by atoms with Gasteiger partial charge in [0.1, 0.15) is 17.4 Å². The summed E-state index contributed by atoms with van der Waals surface area (Å²) in [6, 6.07) is 11.3. The fraction of sp³-hybridized carbons (Fsp3) is 0.0588. The van der Waals surface area contributed by atoms with Gasteiger partial charge < -0.3 is 15.7 Å². The third-order valence-electron chi connectivity index (χ3n) is 3.15. The molecule has 0 fully saturated rings. The first-order valence-electron chi connectivity index (χ1n) is 6.84. The van der Waals surface area contributed by atoms with E-state index in [1.54, 1.807) is 31.2 Å². The first-order valence-corrected chi connectivity index (χ1v) is 7.59. The fourth-order valence-electron chi connectivity index (χ4n) is 1.91. The number of aromatic hydroxyl groups is 1. The van der Waals surface area contributed by atoms with Gasteiger partial charge in [0, 0.05) is 11.9 Å². The Labute approximate surface area is 149 Å². The summed E-state index contributed by atoms with van der Waals surface area (Å²) in [6.07, 6.45) is 1.23. The quantitative estimate of drug-likeness (QED) is 0.426. The lowest BCUT2D eigenvalue weighted by atomic mass is 10.2. The highest BCUT2D eigenvalue weighted by molar-refractivity contribution is 6.39. The Morgan fingerprint density at radius 3 is 2.50 bits per heavy atom. The molecule has 0 radical (unpaired) electrons. The van der Waals surface area contributed by atoms with Crippen LogP contribution in [0.15, 0.2) is 48.2 Å². The number of amides is 1. The third-order valence-corrected chi connectivity index (χ3v) is 3.78. The molecule has 0 atom stereocenters. The largest absolute Gasteiger partial charge is 0.508 e. The molecule has 0 aromatic heterocycles. The summed E-state index contributed by atoms with van der Waals surface area (Å²) in [5.74, 6) is -0.501. The van der Waals surface area contributed by atoms with Gasteiger partial charge in [-0.1, -0.05) is 29.3 Å². The lowest BCUT2D eigenvalue weighted by Crippen LogP contribution is -2.15. The number of nitrogens with one attached hydrogen (secondary N) is 2. The number of benzene rings is 2. The minimum Gasteiger partial charge on any atom is -0.508 e. The molecular formula is C17H13Cl2N3O2. The average Bonchev–Trinajstić information content (AvgIpc) is 2.53. The van der Waals surface area contributed by atoms with E-state index in [2.05, 4.69) is 10.6 Å². The molecule has 0 heterocycles. The Hall–Kier alpha value is -2.68. The molecule has 0 saturated heterocycles. The van der Waals surface area contributed by atoms with Gasteiger partial charge in [0.05, 0.1) is 15.7 Å². The maximum atomic E-state index is 12.2. The monoisotopic (exact) mass is 361 g/mol. The maximum Gasteiger partial charge on any atom is 0.267 e. The van der Waals surface area contributed by atoms with Gasteiger partial charge in [-0.2, -0.15) is 5.26 Å². The molecule has 7 heteroatoms. The lowest BCUT2D eigenvalue weighted by molar-refractivity contribution is -0.112. The van der Waals surface area contributed by atoms with Crippen molar-refractivity contribution in [1.82, 2.24) is 0 Å². The molecular weight excluding hydrogens is 349 g/mol. The van der Waals surface area contributed by atoms with E-state index >= 15 is 0 Å². The highest BCUT2D eigenvalue weighted by Gasteiger charge is 2.12. The van der Waals surface area contributed by atoms with E-state index < -0.39 is 5.91 Å². The van der Waals surface area contributed by atoms with E-state index in [1.165, 1.54) is 18.3 Å². The predicted molar refractivity (Wildman–Crippen MR) is 95.3 cm³/mol. The number of aryl methyl sites for hydroxylation is 1. The summed E-state index contributed by atoms with van der Waals surface area (Å²) < 4.78 is 0. The van der Waals surface area contributed by atoms with Gasteiger partial charge in [-0.3, -0.25) is 4.79 Å². The molecule has 122 valence electrons. The number of carbonyl (C=O) groups excluding carboxylic acids is 1. The van der Waals surface area contributed by atoms with Crippen LogP contribution in [0.5, 0.6) is 5.75 Å². The van der Waals surface area contributed by atoms with Crippen LogP contribution < -0.4 is 10.6 Å². The van der Waals surface area contributed by atoms with Crippen molar-refractivity contribution in [3.8, 4) is 11.8 Å². The number of hydrogen-bond acceptors (Lipinski definition) is 4. The van der Waals surface area contributed by atoms with Crippen LogP contribution in [-0.2, 0) is 4.79 Å². The topological polar surface area (TPSA) is 85.2 Å². The molecule has 0 bridgehead atoms. The Morgan fingerprint density at radius 2 is 1.92 bits per heavy atom. The Kier molecular flexibility index (Phi) is 5.69. The predicted octanol–water partition coefficient (Wildman–Crippen LogP) is 4.47. The van der Waals surface area contributed by atoms with Gasteiger partial charge >= 0.3 is 0 Å². The summed E-state index contributed by atoms with van der Waals surface area (Å²) in [6.45, 7) is 1.73. The number of phenolic OH excluding ortho intramolecular Hbond substituents is 1. The Bertz CT molecular complexity index is 837. The van der Waals surface area contributed by atoms with Crippen molar-refractivity contribution < 1.29 is 9.90 Å². The highest BCUT2D eigenvalue weighted by atomic mass is 35.5. The smallest absolute Gasteiger partial charge is 0.267 e. The molecule has 2 aromatic carbocycles. The van der Waals surface area contributed by atoms with Gasteiger partial charge in [-0.05, 0) is 42.8 Å². The zero-order valence-electron chi connectivity index (χ0n) is 12.6. The van der Waals surface area contributed by atoms with Crippen molar-refractivity contribution in [3.63, 3.8) is 0 Å². The molecule has 3 N–H and O–H groups in total. The van der Waals surface area contributed by atoms with Crippen molar-refractivity contribution in [2.24, 2.45) is 0 Å². The van der Waals surface area contributed by atoms with Crippen LogP contribution in [0.4, 0.5) is 11.4 Å². The zero-order valence-corrected chi connectivity index (χ0v) is 14.1. The second kappa shape index (κ2) is 7.73. The normalized spacial score (nSPS) is 10.8. The van der Waals surface area contributed by atoms with Crippen LogP contribution >= 0.6 is 23.2 Å². The van der Waals surface area contributed by atoms with E-state index in [1.807, 2.05) is 6.07 Å². The number of halogens is 2. The Morgan fingerprint density at radius 1 is 1.25 bits per heavy atom. The molecule has 1 amide bonds. The summed E-state index contributed by atoms with van der Waals surface area (Å²) in [5.41, 5.74) is 1.41. The minimum atomic E-state index is -0.595. The van der Waals surface area contributed by atoms with Gasteiger partial charge in [-0.15, -0.1) is 0 Å². The molecule has 0 aliphatic carbocycles. The third kappa shape index (κ3) is 4.19. The molecule has 0 aliphatic rings. The van der Waals surface area contributed by atoms with Crippen LogP contribution in [0.3, 0.4) is 0 Å². The second-order valence-corrected chi connectivity index (χ2v) is 5.68. The number of rotatable bonds is 4. The number of nitriles is 1. The molecule has 0 spiro atoms.